The van der Waals surface area contributed by atoms with E-state index >= 15 is 0 Å². The fourth-order valence-electron chi connectivity index (χ4n) is 1.60. The highest BCUT2D eigenvalue weighted by atomic mass is 79.9. The second-order valence-electron chi connectivity index (χ2n) is 3.25. The Morgan fingerprint density at radius 1 is 1.50 bits per heavy atom. The number of hydrogen-bond donors (Lipinski definition) is 1. The molecule has 0 spiro atoms. The van der Waals surface area contributed by atoms with E-state index < -0.39 is 0 Å². The largest absolute Gasteiger partial charge is 0.351 e. The molecule has 0 radical (unpaired) electrons. The molecule has 1 aliphatic rings. The van der Waals surface area contributed by atoms with E-state index in [4.69, 9.17) is 5.73 Å². The number of nitrogens with two attached hydrogens (primary N) is 1. The maximum atomic E-state index is 10.8. The first-order chi connectivity index (χ1) is 5.74. The molecule has 0 unspecified atom stereocenters. The van der Waals surface area contributed by atoms with Crippen LogP contribution < -0.4 is 5.73 Å². The van der Waals surface area contributed by atoms with E-state index in [1.807, 2.05) is 0 Å². The Hall–Kier alpha value is -0.250. The molecule has 1 heterocycles. The van der Waals surface area contributed by atoms with Crippen LogP contribution in [0.3, 0.4) is 0 Å². The van der Waals surface area contributed by atoms with Crippen LogP contribution in [-0.4, -0.2) is 29.4 Å². The molecule has 0 atom stereocenters. The van der Waals surface area contributed by atoms with Crippen molar-refractivity contribution in [2.45, 2.75) is 19.3 Å². The summed E-state index contributed by atoms with van der Waals surface area (Å²) in [5.74, 6) is 0.778. The number of carbonyl (C=O) groups excluding carboxylic acids is 1. The van der Waals surface area contributed by atoms with Crippen LogP contribution in [0.4, 0.5) is 4.79 Å². The molecule has 4 heteroatoms. The van der Waals surface area contributed by atoms with Crippen molar-refractivity contribution in [3.05, 3.63) is 0 Å². The number of carbonyl (C=O) groups is 1. The van der Waals surface area contributed by atoms with Gasteiger partial charge in [-0.25, -0.2) is 4.79 Å². The first-order valence-electron chi connectivity index (χ1n) is 4.34. The average Bonchev–Trinajstić information content (AvgIpc) is 2.06. The SMILES string of the molecule is NC(=O)N1CCC(CCBr)CC1. The second kappa shape index (κ2) is 4.70. The van der Waals surface area contributed by atoms with E-state index in [-0.39, 0.29) is 6.03 Å². The zero-order chi connectivity index (χ0) is 8.97. The van der Waals surface area contributed by atoms with Gasteiger partial charge in [-0.15, -0.1) is 0 Å². The molecular formula is C8H15BrN2O. The van der Waals surface area contributed by atoms with Crippen LogP contribution in [0.1, 0.15) is 19.3 Å². The summed E-state index contributed by atoms with van der Waals surface area (Å²) in [5, 5.41) is 1.06. The summed E-state index contributed by atoms with van der Waals surface area (Å²) in [6.45, 7) is 1.68. The predicted molar refractivity (Wildman–Crippen MR) is 52.3 cm³/mol. The van der Waals surface area contributed by atoms with Crippen LogP contribution in [0.5, 0.6) is 0 Å². The molecule has 1 aliphatic heterocycles. The van der Waals surface area contributed by atoms with E-state index in [1.165, 1.54) is 6.42 Å². The summed E-state index contributed by atoms with van der Waals surface area (Å²) in [7, 11) is 0. The lowest BCUT2D eigenvalue weighted by molar-refractivity contribution is 0.178. The van der Waals surface area contributed by atoms with E-state index in [2.05, 4.69) is 15.9 Å². The van der Waals surface area contributed by atoms with Crippen LogP contribution in [0.15, 0.2) is 0 Å². The minimum atomic E-state index is -0.271. The number of rotatable bonds is 2. The summed E-state index contributed by atoms with van der Waals surface area (Å²) in [4.78, 5) is 12.5. The number of piperidine rings is 1. The minimum absolute atomic E-state index is 0.271. The van der Waals surface area contributed by atoms with E-state index in [9.17, 15) is 4.79 Å². The van der Waals surface area contributed by atoms with Gasteiger partial charge in [0.05, 0.1) is 0 Å². The Balaban J connectivity index is 2.25. The molecule has 0 aliphatic carbocycles. The van der Waals surface area contributed by atoms with Crippen LogP contribution >= 0.6 is 15.9 Å². The van der Waals surface area contributed by atoms with Gasteiger partial charge in [0.15, 0.2) is 0 Å². The Kier molecular flexibility index (Phi) is 3.85. The second-order valence-corrected chi connectivity index (χ2v) is 4.04. The number of halogens is 1. The third-order valence-corrected chi connectivity index (χ3v) is 2.90. The Labute approximate surface area is 81.4 Å². The molecule has 2 N–H and O–H groups in total. The molecule has 3 nitrogen and oxygen atoms in total. The molecule has 70 valence electrons. The first-order valence-corrected chi connectivity index (χ1v) is 5.46. The van der Waals surface area contributed by atoms with Crippen LogP contribution in [0, 0.1) is 5.92 Å². The third-order valence-electron chi connectivity index (χ3n) is 2.44. The lowest BCUT2D eigenvalue weighted by Crippen LogP contribution is -2.41. The van der Waals surface area contributed by atoms with Crippen molar-refractivity contribution in [2.75, 3.05) is 18.4 Å². The van der Waals surface area contributed by atoms with Gasteiger partial charge in [0.25, 0.3) is 0 Å². The van der Waals surface area contributed by atoms with Crippen molar-refractivity contribution in [3.63, 3.8) is 0 Å². The smallest absolute Gasteiger partial charge is 0.314 e. The van der Waals surface area contributed by atoms with Crippen LogP contribution in [0.2, 0.25) is 0 Å². The molecule has 0 bridgehead atoms. The maximum Gasteiger partial charge on any atom is 0.314 e. The fraction of sp³-hybridized carbons (Fsp3) is 0.875. The van der Waals surface area contributed by atoms with Gasteiger partial charge in [-0.2, -0.15) is 0 Å². The van der Waals surface area contributed by atoms with Gasteiger partial charge < -0.3 is 10.6 Å². The molecule has 0 saturated carbocycles. The molecule has 1 fully saturated rings. The Bertz CT molecular complexity index is 155. The Morgan fingerprint density at radius 3 is 2.50 bits per heavy atom. The topological polar surface area (TPSA) is 46.3 Å². The molecular weight excluding hydrogens is 220 g/mol. The van der Waals surface area contributed by atoms with Crippen LogP contribution in [0.25, 0.3) is 0 Å². The van der Waals surface area contributed by atoms with Crippen molar-refractivity contribution in [1.29, 1.82) is 0 Å². The van der Waals surface area contributed by atoms with Gasteiger partial charge in [0, 0.05) is 18.4 Å². The minimum Gasteiger partial charge on any atom is -0.351 e. The number of alkyl halides is 1. The van der Waals surface area contributed by atoms with E-state index in [0.717, 1.165) is 37.2 Å². The summed E-state index contributed by atoms with van der Waals surface area (Å²) in [6, 6.07) is -0.271. The first kappa shape index (κ1) is 9.84. The highest BCUT2D eigenvalue weighted by molar-refractivity contribution is 9.09. The van der Waals surface area contributed by atoms with Crippen LogP contribution in [-0.2, 0) is 0 Å². The number of hydrogen-bond acceptors (Lipinski definition) is 1. The molecule has 0 aromatic heterocycles. The zero-order valence-electron chi connectivity index (χ0n) is 7.13. The van der Waals surface area contributed by atoms with Gasteiger partial charge in [0.1, 0.15) is 0 Å². The van der Waals surface area contributed by atoms with Crippen molar-refractivity contribution in [1.82, 2.24) is 4.90 Å². The standard InChI is InChI=1S/C8H15BrN2O/c9-4-1-7-2-5-11(6-3-7)8(10)12/h7H,1-6H2,(H2,10,12). The normalized spacial score (nSPS) is 19.6. The van der Waals surface area contributed by atoms with E-state index in [1.54, 1.807) is 4.90 Å². The van der Waals surface area contributed by atoms with Gasteiger partial charge in [0.2, 0.25) is 0 Å². The number of urea groups is 1. The van der Waals surface area contributed by atoms with Gasteiger partial charge in [-0.1, -0.05) is 15.9 Å². The Morgan fingerprint density at radius 2 is 2.08 bits per heavy atom. The summed E-state index contributed by atoms with van der Waals surface area (Å²) >= 11 is 3.42. The highest BCUT2D eigenvalue weighted by Gasteiger charge is 2.20. The number of likely N-dealkylation sites (tertiary alicyclic amines) is 1. The third kappa shape index (κ3) is 2.66. The van der Waals surface area contributed by atoms with Gasteiger partial charge in [-0.05, 0) is 25.2 Å². The number of nitrogens with zero attached hydrogens (tertiary/aromatic N) is 1. The molecule has 0 aromatic carbocycles. The average molecular weight is 235 g/mol. The predicted octanol–water partition coefficient (Wildman–Crippen LogP) is 1.56. The lowest BCUT2D eigenvalue weighted by atomic mass is 9.95. The maximum absolute atomic E-state index is 10.8. The van der Waals surface area contributed by atoms with Crippen molar-refractivity contribution in [2.24, 2.45) is 11.7 Å². The summed E-state index contributed by atoms with van der Waals surface area (Å²) in [5.41, 5.74) is 5.16. The monoisotopic (exact) mass is 234 g/mol. The molecule has 12 heavy (non-hydrogen) atoms. The van der Waals surface area contributed by atoms with Crippen molar-refractivity contribution >= 4 is 22.0 Å². The molecule has 1 rings (SSSR count). The number of primary amides is 1. The van der Waals surface area contributed by atoms with Gasteiger partial charge in [-0.3, -0.25) is 0 Å². The lowest BCUT2D eigenvalue weighted by Gasteiger charge is -2.30. The molecule has 0 aromatic rings. The highest BCUT2D eigenvalue weighted by Crippen LogP contribution is 2.20. The van der Waals surface area contributed by atoms with Crippen molar-refractivity contribution in [3.8, 4) is 0 Å². The van der Waals surface area contributed by atoms with Crippen molar-refractivity contribution < 1.29 is 4.79 Å². The molecule has 1 saturated heterocycles. The molecule has 2 amide bonds. The summed E-state index contributed by atoms with van der Waals surface area (Å²) < 4.78 is 0. The summed E-state index contributed by atoms with van der Waals surface area (Å²) in [6.07, 6.45) is 3.43. The number of amides is 2. The van der Waals surface area contributed by atoms with E-state index in [0.29, 0.717) is 0 Å². The fourth-order valence-corrected chi connectivity index (χ4v) is 2.24. The van der Waals surface area contributed by atoms with Gasteiger partial charge >= 0.3 is 6.03 Å². The quantitative estimate of drug-likeness (QED) is 0.725. The zero-order valence-corrected chi connectivity index (χ0v) is 8.72.